The fraction of sp³-hybridized carbons (Fsp3) is 0.643. The van der Waals surface area contributed by atoms with E-state index < -0.39 is 0 Å². The molecule has 0 saturated carbocycles. The maximum atomic E-state index is 12.0. The summed E-state index contributed by atoms with van der Waals surface area (Å²) in [6, 6.07) is 2.26. The van der Waals surface area contributed by atoms with Gasteiger partial charge in [0.2, 0.25) is 5.91 Å². The minimum atomic E-state index is 0.00689. The van der Waals surface area contributed by atoms with E-state index in [0.717, 1.165) is 13.1 Å². The van der Waals surface area contributed by atoms with Crippen LogP contribution in [0.25, 0.3) is 0 Å². The molecule has 1 rings (SSSR count). The Kier molecular flexibility index (Phi) is 5.82. The highest BCUT2D eigenvalue weighted by Gasteiger charge is 2.17. The van der Waals surface area contributed by atoms with Crippen LogP contribution in [0.2, 0.25) is 0 Å². The molecule has 4 heteroatoms. The van der Waals surface area contributed by atoms with Crippen LogP contribution >= 0.6 is 11.3 Å². The molecule has 1 aromatic heterocycles. The van der Waals surface area contributed by atoms with Gasteiger partial charge in [-0.1, -0.05) is 13.8 Å². The third-order valence-electron chi connectivity index (χ3n) is 3.05. The Hall–Kier alpha value is -0.870. The van der Waals surface area contributed by atoms with E-state index in [0.29, 0.717) is 0 Å². The van der Waals surface area contributed by atoms with Crippen LogP contribution in [0.5, 0.6) is 0 Å². The first kappa shape index (κ1) is 15.2. The highest BCUT2D eigenvalue weighted by atomic mass is 32.1. The highest BCUT2D eigenvalue weighted by molar-refractivity contribution is 7.12. The van der Waals surface area contributed by atoms with Crippen molar-refractivity contribution in [1.82, 2.24) is 10.6 Å². The first-order chi connectivity index (χ1) is 8.45. The van der Waals surface area contributed by atoms with Crippen molar-refractivity contribution in [2.45, 2.75) is 40.7 Å². The fourth-order valence-corrected chi connectivity index (χ4v) is 2.99. The van der Waals surface area contributed by atoms with Gasteiger partial charge in [0, 0.05) is 22.2 Å². The summed E-state index contributed by atoms with van der Waals surface area (Å²) in [5.74, 6) is 0.124. The predicted octanol–water partition coefficient (Wildman–Crippen LogP) is 2.79. The molecule has 0 aliphatic heterocycles. The van der Waals surface area contributed by atoms with Crippen LogP contribution < -0.4 is 10.6 Å². The van der Waals surface area contributed by atoms with E-state index >= 15 is 0 Å². The van der Waals surface area contributed by atoms with Gasteiger partial charge in [-0.15, -0.1) is 11.3 Å². The molecule has 0 fully saturated rings. The first-order valence-corrected chi connectivity index (χ1v) is 7.35. The smallest absolute Gasteiger partial charge is 0.224 e. The van der Waals surface area contributed by atoms with Crippen LogP contribution in [0.15, 0.2) is 6.07 Å². The number of aryl methyl sites for hydroxylation is 2. The second-order valence-electron chi connectivity index (χ2n) is 4.81. The number of carbonyl (C=O) groups is 1. The summed E-state index contributed by atoms with van der Waals surface area (Å²) in [4.78, 5) is 14.6. The molecule has 102 valence electrons. The van der Waals surface area contributed by atoms with E-state index in [1.165, 1.54) is 15.3 Å². The molecular weight excluding hydrogens is 244 g/mol. The molecule has 0 aliphatic carbocycles. The third-order valence-corrected chi connectivity index (χ3v) is 4.03. The summed E-state index contributed by atoms with van der Waals surface area (Å²) in [6.07, 6.45) is 0. The SMILES string of the molecule is CCNCC(C)C(=O)NC(C)c1cc(C)sc1C. The lowest BCUT2D eigenvalue weighted by Crippen LogP contribution is -2.36. The van der Waals surface area contributed by atoms with Gasteiger partial charge in [0.05, 0.1) is 6.04 Å². The quantitative estimate of drug-likeness (QED) is 0.833. The minimum Gasteiger partial charge on any atom is -0.349 e. The standard InChI is InChI=1S/C14H24N2OS/c1-6-15-8-9(2)14(17)16-11(4)13-7-10(3)18-12(13)5/h7,9,11,15H,6,8H2,1-5H3,(H,16,17). The van der Waals surface area contributed by atoms with Crippen molar-refractivity contribution in [1.29, 1.82) is 0 Å². The van der Waals surface area contributed by atoms with Gasteiger partial charge in [-0.25, -0.2) is 0 Å². The molecule has 0 bridgehead atoms. The van der Waals surface area contributed by atoms with E-state index in [1.807, 2.05) is 20.8 Å². The minimum absolute atomic E-state index is 0.00689. The molecule has 0 radical (unpaired) electrons. The maximum Gasteiger partial charge on any atom is 0.224 e. The van der Waals surface area contributed by atoms with Crippen molar-refractivity contribution in [3.63, 3.8) is 0 Å². The molecule has 1 heterocycles. The lowest BCUT2D eigenvalue weighted by molar-refractivity contribution is -0.125. The Bertz CT molecular complexity index is 400. The second-order valence-corrected chi connectivity index (χ2v) is 6.27. The molecule has 2 N–H and O–H groups in total. The Morgan fingerprint density at radius 1 is 1.39 bits per heavy atom. The van der Waals surface area contributed by atoms with Gasteiger partial charge in [-0.2, -0.15) is 0 Å². The third kappa shape index (κ3) is 4.10. The maximum absolute atomic E-state index is 12.0. The summed E-state index contributed by atoms with van der Waals surface area (Å²) in [6.45, 7) is 11.9. The molecule has 2 unspecified atom stereocenters. The number of hydrogen-bond donors (Lipinski definition) is 2. The summed E-state index contributed by atoms with van der Waals surface area (Å²) in [7, 11) is 0. The van der Waals surface area contributed by atoms with Crippen molar-refractivity contribution < 1.29 is 4.79 Å². The Morgan fingerprint density at radius 2 is 2.06 bits per heavy atom. The van der Waals surface area contributed by atoms with Gasteiger partial charge in [0.25, 0.3) is 0 Å². The van der Waals surface area contributed by atoms with E-state index in [9.17, 15) is 4.79 Å². The predicted molar refractivity (Wildman–Crippen MR) is 78.1 cm³/mol. The van der Waals surface area contributed by atoms with Crippen LogP contribution in [0, 0.1) is 19.8 Å². The van der Waals surface area contributed by atoms with Gasteiger partial charge in [0.1, 0.15) is 0 Å². The van der Waals surface area contributed by atoms with E-state index in [-0.39, 0.29) is 17.9 Å². The van der Waals surface area contributed by atoms with Crippen molar-refractivity contribution in [3.8, 4) is 0 Å². The van der Waals surface area contributed by atoms with Gasteiger partial charge >= 0.3 is 0 Å². The largest absolute Gasteiger partial charge is 0.349 e. The average molecular weight is 268 g/mol. The molecule has 1 amide bonds. The van der Waals surface area contributed by atoms with Gasteiger partial charge in [-0.3, -0.25) is 4.79 Å². The van der Waals surface area contributed by atoms with Crippen molar-refractivity contribution in [2.24, 2.45) is 5.92 Å². The lowest BCUT2D eigenvalue weighted by Gasteiger charge is -2.18. The molecule has 3 nitrogen and oxygen atoms in total. The zero-order valence-corrected chi connectivity index (χ0v) is 12.8. The number of nitrogens with one attached hydrogen (secondary N) is 2. The highest BCUT2D eigenvalue weighted by Crippen LogP contribution is 2.26. The Morgan fingerprint density at radius 3 is 2.56 bits per heavy atom. The van der Waals surface area contributed by atoms with Gasteiger partial charge in [0.15, 0.2) is 0 Å². The van der Waals surface area contributed by atoms with Crippen LogP contribution in [0.1, 0.15) is 42.1 Å². The first-order valence-electron chi connectivity index (χ1n) is 6.53. The van der Waals surface area contributed by atoms with E-state index in [1.54, 1.807) is 11.3 Å². The summed E-state index contributed by atoms with van der Waals surface area (Å²) < 4.78 is 0. The number of thiophene rings is 1. The van der Waals surface area contributed by atoms with E-state index in [4.69, 9.17) is 0 Å². The topological polar surface area (TPSA) is 41.1 Å². The molecule has 0 aliphatic rings. The van der Waals surface area contributed by atoms with Gasteiger partial charge < -0.3 is 10.6 Å². The zero-order chi connectivity index (χ0) is 13.7. The second kappa shape index (κ2) is 6.90. The number of rotatable bonds is 6. The Labute approximate surface area is 114 Å². The Balaban J connectivity index is 2.56. The monoisotopic (exact) mass is 268 g/mol. The summed E-state index contributed by atoms with van der Waals surface area (Å²) >= 11 is 1.78. The van der Waals surface area contributed by atoms with Crippen LogP contribution in [0.4, 0.5) is 0 Å². The molecule has 2 atom stereocenters. The number of hydrogen-bond acceptors (Lipinski definition) is 3. The van der Waals surface area contributed by atoms with Crippen molar-refractivity contribution in [3.05, 3.63) is 21.4 Å². The molecule has 18 heavy (non-hydrogen) atoms. The summed E-state index contributed by atoms with van der Waals surface area (Å²) in [5.41, 5.74) is 1.24. The van der Waals surface area contributed by atoms with E-state index in [2.05, 4.69) is 30.5 Å². The van der Waals surface area contributed by atoms with Crippen LogP contribution in [-0.2, 0) is 4.79 Å². The molecule has 0 spiro atoms. The number of carbonyl (C=O) groups excluding carboxylic acids is 1. The molecular formula is C14H24N2OS. The molecule has 1 aromatic rings. The van der Waals surface area contributed by atoms with Crippen LogP contribution in [-0.4, -0.2) is 19.0 Å². The fourth-order valence-electron chi connectivity index (χ4n) is 1.97. The average Bonchev–Trinajstić information content (AvgIpc) is 2.65. The lowest BCUT2D eigenvalue weighted by atomic mass is 10.1. The normalized spacial score (nSPS) is 14.3. The molecule has 0 saturated heterocycles. The summed E-state index contributed by atoms with van der Waals surface area (Å²) in [5, 5.41) is 6.29. The van der Waals surface area contributed by atoms with Crippen molar-refractivity contribution >= 4 is 17.2 Å². The molecule has 0 aromatic carbocycles. The van der Waals surface area contributed by atoms with Crippen LogP contribution in [0.3, 0.4) is 0 Å². The number of amides is 1. The van der Waals surface area contributed by atoms with Crippen molar-refractivity contribution in [2.75, 3.05) is 13.1 Å². The zero-order valence-electron chi connectivity index (χ0n) is 12.0. The van der Waals surface area contributed by atoms with Gasteiger partial charge in [-0.05, 0) is 38.9 Å².